The van der Waals surface area contributed by atoms with Gasteiger partial charge in [0.2, 0.25) is 23.2 Å². The van der Waals surface area contributed by atoms with Gasteiger partial charge in [-0.1, -0.05) is 55.4 Å². The molecule has 8 heteroatoms. The first-order chi connectivity index (χ1) is 15.1. The van der Waals surface area contributed by atoms with Crippen LogP contribution in [0.2, 0.25) is 0 Å². The summed E-state index contributed by atoms with van der Waals surface area (Å²) in [6.45, 7) is 3.70. The Hall–Kier alpha value is -2.58. The first kappa shape index (κ1) is 21.6. The normalized spacial score (nSPS) is 14.9. The lowest BCUT2D eigenvalue weighted by molar-refractivity contribution is -0.118. The van der Waals surface area contributed by atoms with Crippen LogP contribution in [0.25, 0.3) is 11.3 Å². The van der Waals surface area contributed by atoms with Crippen LogP contribution in [-0.4, -0.2) is 33.1 Å². The first-order valence-electron chi connectivity index (χ1n) is 10.2. The minimum absolute atomic E-state index is 0.121. The first-order valence-corrected chi connectivity index (χ1v) is 12.4. The van der Waals surface area contributed by atoms with Crippen LogP contribution in [0.4, 0.5) is 5.69 Å². The van der Waals surface area contributed by atoms with Crippen LogP contribution in [0.3, 0.4) is 0 Å². The second-order valence-electron chi connectivity index (χ2n) is 7.10. The Morgan fingerprint density at radius 1 is 1.13 bits per heavy atom. The number of anilines is 1. The molecule has 1 aliphatic rings. The van der Waals surface area contributed by atoms with Crippen molar-refractivity contribution in [2.45, 2.75) is 43.0 Å². The van der Waals surface area contributed by atoms with Gasteiger partial charge in [0, 0.05) is 28.7 Å². The summed E-state index contributed by atoms with van der Waals surface area (Å²) >= 11 is 3.24. The molecule has 1 unspecified atom stereocenters. The molecule has 0 saturated carbocycles. The molecule has 0 aliphatic carbocycles. The molecule has 31 heavy (non-hydrogen) atoms. The molecule has 0 saturated heterocycles. The van der Waals surface area contributed by atoms with E-state index in [2.05, 4.69) is 22.1 Å². The smallest absolute Gasteiger partial charge is 0.247 e. The Morgan fingerprint density at radius 2 is 1.90 bits per heavy atom. The number of amides is 1. The van der Waals surface area contributed by atoms with E-state index in [1.165, 1.54) is 0 Å². The Morgan fingerprint density at radius 3 is 2.61 bits per heavy atom. The predicted octanol–water partition coefficient (Wildman–Crippen LogP) is 5.60. The lowest BCUT2D eigenvalue weighted by Gasteiger charge is -2.30. The Kier molecular flexibility index (Phi) is 6.77. The van der Waals surface area contributed by atoms with E-state index in [1.54, 1.807) is 35.3 Å². The minimum Gasteiger partial charge on any atom is -0.447 e. The van der Waals surface area contributed by atoms with Gasteiger partial charge in [-0.05, 0) is 30.9 Å². The van der Waals surface area contributed by atoms with Crippen LogP contribution >= 0.6 is 23.5 Å². The number of hydrogen-bond acceptors (Lipinski definition) is 7. The van der Waals surface area contributed by atoms with Gasteiger partial charge in [0.1, 0.15) is 0 Å². The molecule has 0 bridgehead atoms. The summed E-state index contributed by atoms with van der Waals surface area (Å²) in [5.74, 6) is 1.20. The average molecular weight is 453 g/mol. The molecule has 0 fully saturated rings. The lowest BCUT2D eigenvalue weighted by atomic mass is 10.1. The van der Waals surface area contributed by atoms with Crippen LogP contribution in [0.15, 0.2) is 58.6 Å². The molecule has 0 spiro atoms. The number of thioether (sulfide) groups is 2. The van der Waals surface area contributed by atoms with Crippen molar-refractivity contribution in [3.63, 3.8) is 0 Å². The monoisotopic (exact) mass is 452 g/mol. The molecule has 0 radical (unpaired) electrons. The van der Waals surface area contributed by atoms with Crippen molar-refractivity contribution >= 4 is 35.1 Å². The van der Waals surface area contributed by atoms with Gasteiger partial charge in [-0.15, -0.1) is 22.0 Å². The van der Waals surface area contributed by atoms with Crippen molar-refractivity contribution in [2.24, 2.45) is 0 Å². The number of hydrogen-bond donors (Lipinski definition) is 0. The van der Waals surface area contributed by atoms with Crippen LogP contribution < -0.4 is 9.64 Å². The highest BCUT2D eigenvalue weighted by atomic mass is 32.2. The number of carbonyl (C=O) groups is 1. The van der Waals surface area contributed by atoms with Crippen LogP contribution in [0.5, 0.6) is 5.88 Å². The fourth-order valence-electron chi connectivity index (χ4n) is 3.41. The van der Waals surface area contributed by atoms with Crippen LogP contribution in [0, 0.1) is 0 Å². The van der Waals surface area contributed by atoms with E-state index in [0.29, 0.717) is 16.7 Å². The van der Waals surface area contributed by atoms with Crippen molar-refractivity contribution in [1.82, 2.24) is 15.2 Å². The standard InChI is InChI=1S/C23H24N4O2S2/c1-4-5-14-31-23-24-21-20(25-26-23)18-8-6-7-9-19(18)27(15(2)28)22(29-21)16-10-12-17(30-3)13-11-16/h6-13,22H,4-5,14H2,1-3H3. The van der Waals surface area contributed by atoms with Crippen molar-refractivity contribution in [1.29, 1.82) is 0 Å². The van der Waals surface area contributed by atoms with Gasteiger partial charge in [0.15, 0.2) is 5.69 Å². The highest BCUT2D eigenvalue weighted by Crippen LogP contribution is 2.43. The minimum atomic E-state index is -0.652. The summed E-state index contributed by atoms with van der Waals surface area (Å²) in [5, 5.41) is 9.34. The van der Waals surface area contributed by atoms with Gasteiger partial charge in [0.05, 0.1) is 5.69 Å². The molecule has 0 N–H and O–H groups in total. The van der Waals surface area contributed by atoms with Crippen LogP contribution in [-0.2, 0) is 4.79 Å². The quantitative estimate of drug-likeness (QED) is 0.356. The molecular weight excluding hydrogens is 428 g/mol. The zero-order valence-corrected chi connectivity index (χ0v) is 19.4. The molecular formula is C23H24N4O2S2. The Bertz CT molecular complexity index is 1080. The van der Waals surface area contributed by atoms with Gasteiger partial charge in [0.25, 0.3) is 0 Å². The zero-order valence-electron chi connectivity index (χ0n) is 17.7. The highest BCUT2D eigenvalue weighted by Gasteiger charge is 2.34. The van der Waals surface area contributed by atoms with Gasteiger partial charge >= 0.3 is 0 Å². The second kappa shape index (κ2) is 9.70. The second-order valence-corrected chi connectivity index (χ2v) is 9.04. The zero-order chi connectivity index (χ0) is 21.8. The summed E-state index contributed by atoms with van der Waals surface area (Å²) in [4.78, 5) is 20.3. The molecule has 160 valence electrons. The average Bonchev–Trinajstić information content (AvgIpc) is 2.93. The summed E-state index contributed by atoms with van der Waals surface area (Å²) in [5.41, 5.74) is 2.93. The third kappa shape index (κ3) is 4.55. The van der Waals surface area contributed by atoms with Crippen LogP contribution in [0.1, 0.15) is 38.5 Å². The van der Waals surface area contributed by atoms with Crippen molar-refractivity contribution < 1.29 is 9.53 Å². The number of carbonyl (C=O) groups excluding carboxylic acids is 1. The van der Waals surface area contributed by atoms with Crippen molar-refractivity contribution in [2.75, 3.05) is 16.9 Å². The van der Waals surface area contributed by atoms with E-state index in [9.17, 15) is 4.79 Å². The van der Waals surface area contributed by atoms with Gasteiger partial charge < -0.3 is 4.74 Å². The third-order valence-corrected chi connectivity index (χ3v) is 6.65. The number of unbranched alkanes of at least 4 members (excludes halogenated alkanes) is 1. The van der Waals surface area contributed by atoms with Crippen molar-refractivity contribution in [3.05, 3.63) is 54.1 Å². The maximum Gasteiger partial charge on any atom is 0.247 e. The SMILES string of the molecule is CCCCSc1nnc2c(n1)OC(c1ccc(SC)cc1)N(C(C)=O)c1ccccc1-2. The summed E-state index contributed by atoms with van der Waals surface area (Å²) in [6.07, 6.45) is 3.57. The summed E-state index contributed by atoms with van der Waals surface area (Å²) in [7, 11) is 0. The molecule has 1 amide bonds. The summed E-state index contributed by atoms with van der Waals surface area (Å²) < 4.78 is 6.39. The van der Waals surface area contributed by atoms with Gasteiger partial charge in [-0.25, -0.2) is 0 Å². The van der Waals surface area contributed by atoms with Crippen molar-refractivity contribution in [3.8, 4) is 17.1 Å². The fourth-order valence-corrected chi connectivity index (χ4v) is 4.68. The Balaban J connectivity index is 1.83. The maximum atomic E-state index is 12.8. The Labute approximate surface area is 190 Å². The highest BCUT2D eigenvalue weighted by molar-refractivity contribution is 7.99. The van der Waals surface area contributed by atoms with E-state index in [0.717, 1.165) is 40.3 Å². The largest absolute Gasteiger partial charge is 0.447 e. The van der Waals surface area contributed by atoms with Gasteiger partial charge in [-0.3, -0.25) is 9.69 Å². The van der Waals surface area contributed by atoms with E-state index in [-0.39, 0.29) is 5.91 Å². The lowest BCUT2D eigenvalue weighted by Crippen LogP contribution is -2.36. The molecule has 3 aromatic rings. The molecule has 1 aliphatic heterocycles. The molecule has 2 aromatic carbocycles. The maximum absolute atomic E-state index is 12.8. The van der Waals surface area contributed by atoms with E-state index < -0.39 is 6.23 Å². The fraction of sp³-hybridized carbons (Fsp3) is 0.304. The number of fused-ring (bicyclic) bond motifs is 3. The third-order valence-electron chi connectivity index (χ3n) is 4.98. The number of aromatic nitrogens is 3. The van der Waals surface area contributed by atoms with E-state index >= 15 is 0 Å². The number of benzene rings is 2. The number of nitrogens with zero attached hydrogens (tertiary/aromatic N) is 4. The molecule has 4 rings (SSSR count). The summed E-state index contributed by atoms with van der Waals surface area (Å²) in [6, 6.07) is 15.7. The molecule has 1 aromatic heterocycles. The number of rotatable bonds is 6. The predicted molar refractivity (Wildman–Crippen MR) is 126 cm³/mol. The molecule has 1 atom stereocenters. The number of para-hydroxylation sites is 1. The topological polar surface area (TPSA) is 68.2 Å². The molecule has 2 heterocycles. The number of ether oxygens (including phenoxy) is 1. The molecule has 6 nitrogen and oxygen atoms in total. The van der Waals surface area contributed by atoms with Gasteiger partial charge in [-0.2, -0.15) is 4.98 Å². The van der Waals surface area contributed by atoms with E-state index in [1.807, 2.05) is 54.8 Å². The van der Waals surface area contributed by atoms with E-state index in [4.69, 9.17) is 4.74 Å².